The van der Waals surface area contributed by atoms with Crippen molar-refractivity contribution in [3.8, 4) is 11.5 Å². The van der Waals surface area contributed by atoms with Gasteiger partial charge < -0.3 is 9.84 Å². The molecule has 3 heterocycles. The predicted molar refractivity (Wildman–Crippen MR) is 70.4 cm³/mol. The Balaban J connectivity index is 1.70. The summed E-state index contributed by atoms with van der Waals surface area (Å²) in [7, 11) is 0. The molecule has 5 nitrogen and oxygen atoms in total. The highest BCUT2D eigenvalue weighted by Gasteiger charge is 2.20. The van der Waals surface area contributed by atoms with Crippen molar-refractivity contribution in [2.45, 2.75) is 19.5 Å². The van der Waals surface area contributed by atoms with Gasteiger partial charge >= 0.3 is 0 Å². The van der Waals surface area contributed by atoms with Crippen LogP contribution in [0.15, 0.2) is 21.3 Å². The quantitative estimate of drug-likeness (QED) is 0.912. The molecule has 0 radical (unpaired) electrons. The van der Waals surface area contributed by atoms with Crippen molar-refractivity contribution in [3.63, 3.8) is 0 Å². The third-order valence-electron chi connectivity index (χ3n) is 3.22. The first kappa shape index (κ1) is 11.8. The average Bonchev–Trinajstić information content (AvgIpc) is 3.02. The Hall–Kier alpha value is -1.24. The summed E-state index contributed by atoms with van der Waals surface area (Å²) in [4.78, 5) is 6.82. The second-order valence-electron chi connectivity index (χ2n) is 4.55. The van der Waals surface area contributed by atoms with E-state index in [4.69, 9.17) is 4.52 Å². The van der Waals surface area contributed by atoms with Gasteiger partial charge in [-0.1, -0.05) is 5.16 Å². The van der Waals surface area contributed by atoms with Gasteiger partial charge in [0.1, 0.15) is 0 Å². The average molecular weight is 264 g/mol. The highest BCUT2D eigenvalue weighted by atomic mass is 32.1. The van der Waals surface area contributed by atoms with Gasteiger partial charge in [-0.05, 0) is 18.4 Å². The molecule has 0 aliphatic carbocycles. The molecule has 0 spiro atoms. The van der Waals surface area contributed by atoms with Crippen LogP contribution in [-0.4, -0.2) is 40.7 Å². The molecule has 1 aliphatic rings. The molecule has 0 amide bonds. The van der Waals surface area contributed by atoms with Crippen molar-refractivity contribution >= 4 is 11.3 Å². The molecule has 2 aromatic heterocycles. The molecule has 18 heavy (non-hydrogen) atoms. The molecule has 96 valence electrons. The second-order valence-corrected chi connectivity index (χ2v) is 5.33. The van der Waals surface area contributed by atoms with Gasteiger partial charge in [-0.15, -0.1) is 0 Å². The van der Waals surface area contributed by atoms with Crippen LogP contribution in [0, 0.1) is 0 Å². The lowest BCUT2D eigenvalue weighted by Crippen LogP contribution is -2.49. The van der Waals surface area contributed by atoms with E-state index in [0.717, 1.165) is 37.6 Å². The molecule has 1 aliphatic heterocycles. The Labute approximate surface area is 110 Å². The fraction of sp³-hybridized carbons (Fsp3) is 0.500. The van der Waals surface area contributed by atoms with E-state index in [0.29, 0.717) is 11.9 Å². The maximum Gasteiger partial charge on any atom is 0.258 e. The van der Waals surface area contributed by atoms with Crippen LogP contribution in [0.3, 0.4) is 0 Å². The number of aromatic nitrogens is 2. The molecule has 3 rings (SSSR count). The van der Waals surface area contributed by atoms with Gasteiger partial charge in [0, 0.05) is 31.1 Å². The maximum atomic E-state index is 5.29. The molecule has 1 N–H and O–H groups in total. The van der Waals surface area contributed by atoms with Gasteiger partial charge in [0.2, 0.25) is 0 Å². The molecule has 0 bridgehead atoms. The molecule has 6 heteroatoms. The number of hydrogen-bond donors (Lipinski definition) is 1. The zero-order valence-electron chi connectivity index (χ0n) is 10.3. The van der Waals surface area contributed by atoms with Crippen molar-refractivity contribution < 1.29 is 4.52 Å². The first-order valence-electron chi connectivity index (χ1n) is 6.13. The summed E-state index contributed by atoms with van der Waals surface area (Å²) in [6, 6.07) is 2.51. The van der Waals surface area contributed by atoms with E-state index in [1.807, 2.05) is 16.8 Å². The lowest BCUT2D eigenvalue weighted by Gasteiger charge is -2.32. The van der Waals surface area contributed by atoms with E-state index in [9.17, 15) is 0 Å². The predicted octanol–water partition coefficient (Wildman–Crippen LogP) is 1.59. The van der Waals surface area contributed by atoms with Crippen molar-refractivity contribution in [3.05, 3.63) is 22.7 Å². The molecule has 1 atom stereocenters. The molecule has 0 unspecified atom stereocenters. The second kappa shape index (κ2) is 5.17. The number of nitrogens with zero attached hydrogens (tertiary/aromatic N) is 3. The Morgan fingerprint density at radius 1 is 1.61 bits per heavy atom. The molecule has 1 saturated heterocycles. The van der Waals surface area contributed by atoms with Crippen molar-refractivity contribution in [1.29, 1.82) is 0 Å². The SMILES string of the molecule is C[C@@H]1CNCCN1Cc1noc(-c2ccsc2)n1. The van der Waals surface area contributed by atoms with Crippen LogP contribution in [0.5, 0.6) is 0 Å². The first-order chi connectivity index (χ1) is 8.83. The fourth-order valence-corrected chi connectivity index (χ4v) is 2.75. The highest BCUT2D eigenvalue weighted by Crippen LogP contribution is 2.20. The molecular weight excluding hydrogens is 248 g/mol. The lowest BCUT2D eigenvalue weighted by molar-refractivity contribution is 0.160. The Morgan fingerprint density at radius 3 is 3.33 bits per heavy atom. The van der Waals surface area contributed by atoms with E-state index in [1.54, 1.807) is 11.3 Å². The van der Waals surface area contributed by atoms with Crippen LogP contribution in [0.4, 0.5) is 0 Å². The number of nitrogens with one attached hydrogen (secondary N) is 1. The fourth-order valence-electron chi connectivity index (χ4n) is 2.12. The summed E-state index contributed by atoms with van der Waals surface area (Å²) in [5.74, 6) is 1.39. The van der Waals surface area contributed by atoms with Gasteiger partial charge in [-0.25, -0.2) is 0 Å². The zero-order chi connectivity index (χ0) is 12.4. The smallest absolute Gasteiger partial charge is 0.258 e. The van der Waals surface area contributed by atoms with Crippen molar-refractivity contribution in [2.75, 3.05) is 19.6 Å². The lowest BCUT2D eigenvalue weighted by atomic mass is 10.2. The van der Waals surface area contributed by atoms with Crippen LogP contribution < -0.4 is 5.32 Å². The van der Waals surface area contributed by atoms with Crippen LogP contribution in [0.25, 0.3) is 11.5 Å². The maximum absolute atomic E-state index is 5.29. The number of rotatable bonds is 3. The molecule has 0 aromatic carbocycles. The van der Waals surface area contributed by atoms with Crippen LogP contribution in [0.1, 0.15) is 12.7 Å². The normalized spacial score (nSPS) is 21.3. The Morgan fingerprint density at radius 2 is 2.56 bits per heavy atom. The van der Waals surface area contributed by atoms with Crippen LogP contribution >= 0.6 is 11.3 Å². The van der Waals surface area contributed by atoms with Gasteiger partial charge in [-0.2, -0.15) is 16.3 Å². The number of thiophene rings is 1. The van der Waals surface area contributed by atoms with E-state index in [-0.39, 0.29) is 0 Å². The Bertz CT molecular complexity index is 496. The minimum Gasteiger partial charge on any atom is -0.334 e. The van der Waals surface area contributed by atoms with Gasteiger partial charge in [0.05, 0.1) is 12.1 Å². The molecule has 1 fully saturated rings. The van der Waals surface area contributed by atoms with Crippen molar-refractivity contribution in [1.82, 2.24) is 20.4 Å². The molecule has 2 aromatic rings. The minimum absolute atomic E-state index is 0.516. The highest BCUT2D eigenvalue weighted by molar-refractivity contribution is 7.08. The topological polar surface area (TPSA) is 54.2 Å². The summed E-state index contributed by atoms with van der Waals surface area (Å²) >= 11 is 1.63. The van der Waals surface area contributed by atoms with E-state index < -0.39 is 0 Å². The first-order valence-corrected chi connectivity index (χ1v) is 7.07. The molecular formula is C12H16N4OS. The Kier molecular flexibility index (Phi) is 3.40. The minimum atomic E-state index is 0.516. The van der Waals surface area contributed by atoms with Gasteiger partial charge in [0.15, 0.2) is 5.82 Å². The van der Waals surface area contributed by atoms with Crippen molar-refractivity contribution in [2.24, 2.45) is 0 Å². The third-order valence-corrected chi connectivity index (χ3v) is 3.90. The summed E-state index contributed by atoms with van der Waals surface area (Å²) in [6.07, 6.45) is 0. The van der Waals surface area contributed by atoms with Crippen LogP contribution in [-0.2, 0) is 6.54 Å². The van der Waals surface area contributed by atoms with Crippen LogP contribution in [0.2, 0.25) is 0 Å². The summed E-state index contributed by atoms with van der Waals surface area (Å²) < 4.78 is 5.29. The van der Waals surface area contributed by atoms with E-state index >= 15 is 0 Å². The number of hydrogen-bond acceptors (Lipinski definition) is 6. The third kappa shape index (κ3) is 2.45. The monoisotopic (exact) mass is 264 g/mol. The standard InChI is InChI=1S/C12H16N4OS/c1-9-6-13-3-4-16(9)7-11-14-12(17-15-11)10-2-5-18-8-10/h2,5,8-9,13H,3-4,6-7H2,1H3/t9-/m1/s1. The van der Waals surface area contributed by atoms with E-state index in [2.05, 4.69) is 27.3 Å². The summed E-state index contributed by atoms with van der Waals surface area (Å²) in [6.45, 7) is 6.06. The van der Waals surface area contributed by atoms with Gasteiger partial charge in [-0.3, -0.25) is 4.90 Å². The van der Waals surface area contributed by atoms with Gasteiger partial charge in [0.25, 0.3) is 5.89 Å². The largest absolute Gasteiger partial charge is 0.334 e. The van der Waals surface area contributed by atoms with E-state index in [1.165, 1.54) is 0 Å². The summed E-state index contributed by atoms with van der Waals surface area (Å²) in [5, 5.41) is 11.5. The number of piperazine rings is 1. The molecule has 0 saturated carbocycles. The zero-order valence-corrected chi connectivity index (χ0v) is 11.1. The summed E-state index contributed by atoms with van der Waals surface area (Å²) in [5.41, 5.74) is 1.01.